The van der Waals surface area contributed by atoms with Crippen molar-refractivity contribution in [2.45, 2.75) is 13.0 Å². The number of likely N-dealkylation sites (N-methyl/N-ethyl adjacent to an activating group) is 1. The third-order valence-corrected chi connectivity index (χ3v) is 5.21. The minimum absolute atomic E-state index is 0.0861. The molecule has 2 N–H and O–H groups in total. The predicted octanol–water partition coefficient (Wildman–Crippen LogP) is 3.68. The number of nitrogens with zero attached hydrogens (tertiary/aromatic N) is 2. The van der Waals surface area contributed by atoms with Crippen molar-refractivity contribution in [1.82, 2.24) is 14.9 Å². The highest BCUT2D eigenvalue weighted by atomic mass is 127. The van der Waals surface area contributed by atoms with E-state index in [1.807, 2.05) is 31.2 Å². The SMILES string of the molecule is CNC(=O)C1=C(C)Nc2nc3ccccc3n2[C@@H]1c1ccc(I)cc1. The van der Waals surface area contributed by atoms with Crippen molar-refractivity contribution in [2.75, 3.05) is 12.4 Å². The molecule has 0 saturated heterocycles. The molecule has 0 bridgehead atoms. The molecule has 0 aliphatic carbocycles. The summed E-state index contributed by atoms with van der Waals surface area (Å²) in [5.41, 5.74) is 4.50. The minimum Gasteiger partial charge on any atom is -0.355 e. The van der Waals surface area contributed by atoms with Gasteiger partial charge in [0.15, 0.2) is 0 Å². The lowest BCUT2D eigenvalue weighted by Gasteiger charge is -2.30. The van der Waals surface area contributed by atoms with E-state index in [1.54, 1.807) is 7.05 Å². The molecule has 5 nitrogen and oxygen atoms in total. The number of carbonyl (C=O) groups excluding carboxylic acids is 1. The first-order chi connectivity index (χ1) is 12.1. The van der Waals surface area contributed by atoms with Crippen molar-refractivity contribution in [1.29, 1.82) is 0 Å². The largest absolute Gasteiger partial charge is 0.355 e. The van der Waals surface area contributed by atoms with E-state index in [0.29, 0.717) is 5.57 Å². The first-order valence-electron chi connectivity index (χ1n) is 8.02. The van der Waals surface area contributed by atoms with Crippen LogP contribution < -0.4 is 10.6 Å². The third kappa shape index (κ3) is 2.60. The molecule has 126 valence electrons. The summed E-state index contributed by atoms with van der Waals surface area (Å²) in [7, 11) is 1.66. The van der Waals surface area contributed by atoms with E-state index < -0.39 is 0 Å². The summed E-state index contributed by atoms with van der Waals surface area (Å²) in [5, 5.41) is 6.07. The van der Waals surface area contributed by atoms with Crippen molar-refractivity contribution in [3.05, 3.63) is 68.9 Å². The number of anilines is 1. The maximum absolute atomic E-state index is 12.7. The zero-order valence-electron chi connectivity index (χ0n) is 13.9. The Labute approximate surface area is 159 Å². The molecular weight excluding hydrogens is 427 g/mol. The highest BCUT2D eigenvalue weighted by Crippen LogP contribution is 2.39. The van der Waals surface area contributed by atoms with Crippen LogP contribution in [-0.4, -0.2) is 22.5 Å². The highest BCUT2D eigenvalue weighted by molar-refractivity contribution is 14.1. The molecule has 6 heteroatoms. The molecule has 3 aromatic rings. The Morgan fingerprint density at radius 1 is 1.20 bits per heavy atom. The fraction of sp³-hybridized carbons (Fsp3) is 0.158. The van der Waals surface area contributed by atoms with Crippen LogP contribution in [0.1, 0.15) is 18.5 Å². The van der Waals surface area contributed by atoms with Crippen molar-refractivity contribution in [3.8, 4) is 0 Å². The van der Waals surface area contributed by atoms with Gasteiger partial charge >= 0.3 is 0 Å². The van der Waals surface area contributed by atoms with E-state index in [-0.39, 0.29) is 11.9 Å². The van der Waals surface area contributed by atoms with Gasteiger partial charge in [-0.05, 0) is 59.3 Å². The van der Waals surface area contributed by atoms with Crippen molar-refractivity contribution in [3.63, 3.8) is 0 Å². The third-order valence-electron chi connectivity index (χ3n) is 4.49. The van der Waals surface area contributed by atoms with Gasteiger partial charge in [-0.2, -0.15) is 0 Å². The van der Waals surface area contributed by atoms with Crippen LogP contribution in [0.25, 0.3) is 11.0 Å². The lowest BCUT2D eigenvalue weighted by molar-refractivity contribution is -0.117. The van der Waals surface area contributed by atoms with Gasteiger partial charge in [0.2, 0.25) is 5.95 Å². The number of para-hydroxylation sites is 2. The molecule has 0 fully saturated rings. The van der Waals surface area contributed by atoms with Crippen molar-refractivity contribution >= 4 is 45.5 Å². The van der Waals surface area contributed by atoms with Crippen LogP contribution in [0, 0.1) is 3.57 Å². The van der Waals surface area contributed by atoms with Crippen LogP contribution in [0.2, 0.25) is 0 Å². The number of rotatable bonds is 2. The molecule has 0 radical (unpaired) electrons. The molecule has 1 aliphatic rings. The predicted molar refractivity (Wildman–Crippen MR) is 107 cm³/mol. The number of amides is 1. The van der Waals surface area contributed by atoms with Gasteiger partial charge in [-0.15, -0.1) is 0 Å². The Morgan fingerprint density at radius 2 is 1.92 bits per heavy atom. The van der Waals surface area contributed by atoms with Gasteiger partial charge in [0.05, 0.1) is 22.6 Å². The number of imidazole rings is 1. The van der Waals surface area contributed by atoms with E-state index in [4.69, 9.17) is 4.98 Å². The number of hydrogen-bond donors (Lipinski definition) is 2. The number of carbonyl (C=O) groups is 1. The van der Waals surface area contributed by atoms with Gasteiger partial charge in [0, 0.05) is 16.3 Å². The summed E-state index contributed by atoms with van der Waals surface area (Å²) in [6.45, 7) is 1.92. The number of fused-ring (bicyclic) bond motifs is 3. The smallest absolute Gasteiger partial charge is 0.251 e. The number of halogens is 1. The summed E-state index contributed by atoms with van der Waals surface area (Å²) in [6, 6.07) is 16.0. The second-order valence-corrected chi connectivity index (χ2v) is 7.24. The molecule has 0 unspecified atom stereocenters. The Balaban J connectivity index is 2.01. The molecule has 1 aliphatic heterocycles. The van der Waals surface area contributed by atoms with Gasteiger partial charge in [-0.1, -0.05) is 24.3 Å². The van der Waals surface area contributed by atoms with Crippen LogP contribution >= 0.6 is 22.6 Å². The number of allylic oxidation sites excluding steroid dienone is 1. The number of aromatic nitrogens is 2. The maximum Gasteiger partial charge on any atom is 0.251 e. The first-order valence-corrected chi connectivity index (χ1v) is 9.10. The van der Waals surface area contributed by atoms with Gasteiger partial charge in [-0.3, -0.25) is 9.36 Å². The Bertz CT molecular complexity index is 1000. The normalized spacial score (nSPS) is 16.5. The van der Waals surface area contributed by atoms with Crippen LogP contribution in [-0.2, 0) is 4.79 Å². The second-order valence-electron chi connectivity index (χ2n) is 5.99. The molecule has 1 atom stereocenters. The van der Waals surface area contributed by atoms with Crippen LogP contribution in [0.5, 0.6) is 0 Å². The summed E-state index contributed by atoms with van der Waals surface area (Å²) in [6.07, 6.45) is 0. The summed E-state index contributed by atoms with van der Waals surface area (Å²) >= 11 is 2.29. The molecule has 1 aromatic heterocycles. The fourth-order valence-corrected chi connectivity index (χ4v) is 3.71. The molecular formula is C19H17IN4O. The second kappa shape index (κ2) is 6.18. The van der Waals surface area contributed by atoms with Gasteiger partial charge < -0.3 is 10.6 Å². The number of hydrogen-bond acceptors (Lipinski definition) is 3. The molecule has 0 spiro atoms. The molecule has 25 heavy (non-hydrogen) atoms. The van der Waals surface area contributed by atoms with Gasteiger partial charge in [0.25, 0.3) is 5.91 Å². The number of nitrogens with one attached hydrogen (secondary N) is 2. The quantitative estimate of drug-likeness (QED) is 0.594. The average molecular weight is 444 g/mol. The van der Waals surface area contributed by atoms with Crippen LogP contribution in [0.3, 0.4) is 0 Å². The summed E-state index contributed by atoms with van der Waals surface area (Å²) < 4.78 is 3.27. The first kappa shape index (κ1) is 16.1. The molecule has 1 amide bonds. The maximum atomic E-state index is 12.7. The molecule has 2 heterocycles. The van der Waals surface area contributed by atoms with Gasteiger partial charge in [-0.25, -0.2) is 4.98 Å². The highest BCUT2D eigenvalue weighted by Gasteiger charge is 2.33. The Hall–Kier alpha value is -2.35. The van der Waals surface area contributed by atoms with Crippen LogP contribution in [0.15, 0.2) is 59.8 Å². The molecule has 2 aromatic carbocycles. The van der Waals surface area contributed by atoms with E-state index in [9.17, 15) is 4.79 Å². The Kier molecular flexibility index (Phi) is 3.99. The summed E-state index contributed by atoms with van der Waals surface area (Å²) in [4.78, 5) is 17.4. The zero-order valence-corrected chi connectivity index (χ0v) is 16.0. The molecule has 0 saturated carbocycles. The lowest BCUT2D eigenvalue weighted by atomic mass is 9.94. The minimum atomic E-state index is -0.222. The zero-order chi connectivity index (χ0) is 17.6. The number of benzene rings is 2. The fourth-order valence-electron chi connectivity index (χ4n) is 3.35. The van der Waals surface area contributed by atoms with E-state index in [0.717, 1.165) is 31.8 Å². The standard InChI is InChI=1S/C19H17IN4O/c1-11-16(18(25)21-2)17(12-7-9-13(20)10-8-12)24-15-6-4-3-5-14(15)23-19(24)22-11/h3-10,17H,1-2H3,(H,21,25)(H,22,23)/t17-/m1/s1. The summed E-state index contributed by atoms with van der Waals surface area (Å²) in [5.74, 6) is 0.673. The van der Waals surface area contributed by atoms with Crippen molar-refractivity contribution in [2.24, 2.45) is 0 Å². The van der Waals surface area contributed by atoms with Crippen molar-refractivity contribution < 1.29 is 4.79 Å². The topological polar surface area (TPSA) is 59.0 Å². The van der Waals surface area contributed by atoms with Gasteiger partial charge in [0.1, 0.15) is 0 Å². The van der Waals surface area contributed by atoms with Crippen LogP contribution in [0.4, 0.5) is 5.95 Å². The monoisotopic (exact) mass is 444 g/mol. The average Bonchev–Trinajstić information content (AvgIpc) is 2.98. The van der Waals surface area contributed by atoms with E-state index in [2.05, 4.69) is 62.1 Å². The van der Waals surface area contributed by atoms with E-state index in [1.165, 1.54) is 0 Å². The lowest BCUT2D eigenvalue weighted by Crippen LogP contribution is -2.33. The molecule has 4 rings (SSSR count). The van der Waals surface area contributed by atoms with E-state index >= 15 is 0 Å². The Morgan fingerprint density at radius 3 is 2.64 bits per heavy atom.